The zero-order chi connectivity index (χ0) is 8.10. The molecule has 0 saturated carbocycles. The van der Waals surface area contributed by atoms with Crippen LogP contribution in [0.1, 0.15) is 12.0 Å². The van der Waals surface area contributed by atoms with Crippen molar-refractivity contribution in [3.63, 3.8) is 0 Å². The van der Waals surface area contributed by atoms with Crippen molar-refractivity contribution < 1.29 is 0 Å². The molecule has 1 rings (SSSR count). The van der Waals surface area contributed by atoms with Gasteiger partial charge >= 0.3 is 0 Å². The van der Waals surface area contributed by atoms with E-state index in [4.69, 9.17) is 0 Å². The maximum atomic E-state index is 4.05. The first-order chi connectivity index (χ1) is 5.33. The predicted molar refractivity (Wildman–Crippen MR) is 48.6 cm³/mol. The van der Waals surface area contributed by atoms with Crippen LogP contribution in [0.4, 0.5) is 0 Å². The second-order valence-corrected chi connectivity index (χ2v) is 2.63. The molecule has 3 heteroatoms. The Kier molecular flexibility index (Phi) is 3.06. The number of nitrogens with zero attached hydrogens (tertiary/aromatic N) is 2. The lowest BCUT2D eigenvalue weighted by molar-refractivity contribution is 0.767. The normalized spacial score (nSPS) is 8.91. The summed E-state index contributed by atoms with van der Waals surface area (Å²) in [5, 5.41) is 3.99. The molecule has 0 aromatic carbocycles. The summed E-state index contributed by atoms with van der Waals surface area (Å²) < 4.78 is 1.74. The van der Waals surface area contributed by atoms with Crippen LogP contribution in [0.3, 0.4) is 0 Å². The molecular weight excluding hydrogens is 156 g/mol. The van der Waals surface area contributed by atoms with Gasteiger partial charge in [0.05, 0.1) is 11.8 Å². The van der Waals surface area contributed by atoms with E-state index in [0.717, 1.165) is 17.7 Å². The quantitative estimate of drug-likeness (QED) is 0.488. The molecule has 0 bridgehead atoms. The summed E-state index contributed by atoms with van der Waals surface area (Å²) in [7, 11) is 1.88. The maximum absolute atomic E-state index is 4.05. The van der Waals surface area contributed by atoms with Crippen LogP contribution in [0.2, 0.25) is 0 Å². The first kappa shape index (κ1) is 8.22. The van der Waals surface area contributed by atoms with Gasteiger partial charge in [-0.15, -0.1) is 0 Å². The summed E-state index contributed by atoms with van der Waals surface area (Å²) in [6.07, 6.45) is 4.48. The highest BCUT2D eigenvalue weighted by Crippen LogP contribution is 1.92. The fourth-order valence-electron chi connectivity index (χ4n) is 0.706. The van der Waals surface area contributed by atoms with Crippen molar-refractivity contribution in [2.24, 2.45) is 7.05 Å². The van der Waals surface area contributed by atoms with Crippen LogP contribution < -0.4 is 0 Å². The number of thiol groups is 1. The van der Waals surface area contributed by atoms with E-state index in [0.29, 0.717) is 0 Å². The second kappa shape index (κ2) is 4.09. The summed E-state index contributed by atoms with van der Waals surface area (Å²) in [6, 6.07) is 0. The van der Waals surface area contributed by atoms with E-state index in [9.17, 15) is 0 Å². The van der Waals surface area contributed by atoms with Crippen molar-refractivity contribution in [2.45, 2.75) is 6.42 Å². The highest BCUT2D eigenvalue weighted by Gasteiger charge is 1.87. The molecule has 1 aromatic heterocycles. The fourth-order valence-corrected chi connectivity index (χ4v) is 0.818. The summed E-state index contributed by atoms with van der Waals surface area (Å²) in [6.45, 7) is 0. The molecule has 0 aliphatic carbocycles. The molecule has 0 aliphatic heterocycles. The van der Waals surface area contributed by atoms with Crippen LogP contribution in [0.25, 0.3) is 0 Å². The number of aryl methyl sites for hydroxylation is 1. The van der Waals surface area contributed by atoms with Crippen LogP contribution >= 0.6 is 12.6 Å². The smallest absolute Gasteiger partial charge is 0.0646 e. The minimum atomic E-state index is 0.813. The summed E-state index contributed by atoms with van der Waals surface area (Å²) >= 11 is 4.05. The lowest BCUT2D eigenvalue weighted by Crippen LogP contribution is -1.83. The highest BCUT2D eigenvalue weighted by molar-refractivity contribution is 7.80. The van der Waals surface area contributed by atoms with Crippen LogP contribution in [0.15, 0.2) is 12.4 Å². The summed E-state index contributed by atoms with van der Waals surface area (Å²) in [4.78, 5) is 0. The van der Waals surface area contributed by atoms with E-state index in [2.05, 4.69) is 29.6 Å². The third kappa shape index (κ3) is 2.69. The van der Waals surface area contributed by atoms with E-state index in [1.165, 1.54) is 0 Å². The Morgan fingerprint density at radius 2 is 2.55 bits per heavy atom. The third-order valence-electron chi connectivity index (χ3n) is 1.17. The van der Waals surface area contributed by atoms with Crippen LogP contribution in [-0.4, -0.2) is 15.5 Å². The second-order valence-electron chi connectivity index (χ2n) is 2.18. The van der Waals surface area contributed by atoms with E-state index in [1.807, 2.05) is 13.2 Å². The van der Waals surface area contributed by atoms with Gasteiger partial charge in [0.2, 0.25) is 0 Å². The van der Waals surface area contributed by atoms with Gasteiger partial charge < -0.3 is 0 Å². The van der Waals surface area contributed by atoms with Crippen LogP contribution in [0.5, 0.6) is 0 Å². The van der Waals surface area contributed by atoms with E-state index in [1.54, 1.807) is 10.9 Å². The van der Waals surface area contributed by atoms with E-state index in [-0.39, 0.29) is 0 Å². The van der Waals surface area contributed by atoms with Gasteiger partial charge in [0.25, 0.3) is 0 Å². The molecule has 0 unspecified atom stereocenters. The van der Waals surface area contributed by atoms with E-state index < -0.39 is 0 Å². The molecule has 0 radical (unpaired) electrons. The van der Waals surface area contributed by atoms with Crippen LogP contribution in [-0.2, 0) is 7.05 Å². The molecule has 0 amide bonds. The first-order valence-electron chi connectivity index (χ1n) is 3.41. The van der Waals surface area contributed by atoms with Crippen LogP contribution in [0, 0.1) is 11.8 Å². The standard InChI is InChI=1S/C8H10N2S/c1-10-7-8(6-9-10)4-2-3-5-11/h6-7,11H,3,5H2,1H3. The Morgan fingerprint density at radius 3 is 3.09 bits per heavy atom. The molecule has 1 aromatic rings. The van der Waals surface area contributed by atoms with Crippen molar-refractivity contribution in [3.05, 3.63) is 18.0 Å². The fraction of sp³-hybridized carbons (Fsp3) is 0.375. The Balaban J connectivity index is 2.59. The van der Waals surface area contributed by atoms with Crippen molar-refractivity contribution >= 4 is 12.6 Å². The van der Waals surface area contributed by atoms with Gasteiger partial charge in [0.15, 0.2) is 0 Å². The zero-order valence-electron chi connectivity index (χ0n) is 6.41. The third-order valence-corrected chi connectivity index (χ3v) is 1.40. The van der Waals surface area contributed by atoms with Gasteiger partial charge in [-0.25, -0.2) is 0 Å². The largest absolute Gasteiger partial charge is 0.275 e. The molecule has 1 heterocycles. The van der Waals surface area contributed by atoms with Gasteiger partial charge in [-0.2, -0.15) is 17.7 Å². The lowest BCUT2D eigenvalue weighted by atomic mass is 10.3. The minimum Gasteiger partial charge on any atom is -0.275 e. The van der Waals surface area contributed by atoms with Gasteiger partial charge in [-0.3, -0.25) is 4.68 Å². The number of hydrogen-bond acceptors (Lipinski definition) is 2. The Bertz CT molecular complexity index is 280. The molecule has 0 aliphatic rings. The average molecular weight is 166 g/mol. The van der Waals surface area contributed by atoms with E-state index >= 15 is 0 Å². The number of aromatic nitrogens is 2. The molecule has 2 nitrogen and oxygen atoms in total. The predicted octanol–water partition coefficient (Wildman–Crippen LogP) is 1.09. The van der Waals surface area contributed by atoms with Crippen molar-refractivity contribution in [1.29, 1.82) is 0 Å². The van der Waals surface area contributed by atoms with Crippen molar-refractivity contribution in [1.82, 2.24) is 9.78 Å². The molecular formula is C8H10N2S. The number of rotatable bonds is 1. The SMILES string of the molecule is Cn1cc(C#CCCS)cn1. The monoisotopic (exact) mass is 166 g/mol. The Labute approximate surface area is 72.0 Å². The Hall–Kier alpha value is -0.880. The highest BCUT2D eigenvalue weighted by atomic mass is 32.1. The van der Waals surface area contributed by atoms with Crippen molar-refractivity contribution in [2.75, 3.05) is 5.75 Å². The maximum Gasteiger partial charge on any atom is 0.0646 e. The first-order valence-corrected chi connectivity index (χ1v) is 4.04. The molecule has 11 heavy (non-hydrogen) atoms. The summed E-state index contributed by atoms with van der Waals surface area (Å²) in [5.41, 5.74) is 0.967. The lowest BCUT2D eigenvalue weighted by Gasteiger charge is -1.79. The average Bonchev–Trinajstić information content (AvgIpc) is 2.37. The molecule has 0 fully saturated rings. The van der Waals surface area contributed by atoms with Gasteiger partial charge in [-0.05, 0) is 0 Å². The molecule has 0 N–H and O–H groups in total. The molecule has 0 spiro atoms. The molecule has 0 saturated heterocycles. The van der Waals surface area contributed by atoms with Crippen molar-refractivity contribution in [3.8, 4) is 11.8 Å². The number of hydrogen-bond donors (Lipinski definition) is 1. The molecule has 58 valence electrons. The topological polar surface area (TPSA) is 17.8 Å². The van der Waals surface area contributed by atoms with Gasteiger partial charge in [0.1, 0.15) is 0 Å². The summed E-state index contributed by atoms with van der Waals surface area (Å²) in [5.74, 6) is 6.78. The van der Waals surface area contributed by atoms with Gasteiger partial charge in [0, 0.05) is 25.4 Å². The molecule has 0 atom stereocenters. The zero-order valence-corrected chi connectivity index (χ0v) is 7.30. The van der Waals surface area contributed by atoms with Gasteiger partial charge in [-0.1, -0.05) is 11.8 Å². The Morgan fingerprint density at radius 1 is 1.73 bits per heavy atom. The minimum absolute atomic E-state index is 0.813.